The summed E-state index contributed by atoms with van der Waals surface area (Å²) < 4.78 is 11.2. The molecule has 0 amide bonds. The fourth-order valence-corrected chi connectivity index (χ4v) is 2.85. The van der Waals surface area contributed by atoms with Crippen molar-refractivity contribution < 1.29 is 13.9 Å². The van der Waals surface area contributed by atoms with E-state index in [4.69, 9.17) is 20.8 Å². The van der Waals surface area contributed by atoms with Crippen molar-refractivity contribution in [1.29, 1.82) is 0 Å². The van der Waals surface area contributed by atoms with Gasteiger partial charge in [-0.15, -0.1) is 0 Å². The Hall–Kier alpha value is -1.32. The van der Waals surface area contributed by atoms with Crippen molar-refractivity contribution >= 4 is 28.4 Å². The molecule has 1 fully saturated rings. The molecule has 1 aliphatic heterocycles. The van der Waals surface area contributed by atoms with Gasteiger partial charge in [-0.3, -0.25) is 4.79 Å². The molecule has 3 nitrogen and oxygen atoms in total. The highest BCUT2D eigenvalue weighted by molar-refractivity contribution is 6.31. The van der Waals surface area contributed by atoms with Gasteiger partial charge in [-0.25, -0.2) is 0 Å². The molecule has 3 rings (SSSR count). The Kier molecular flexibility index (Phi) is 3.33. The van der Waals surface area contributed by atoms with Gasteiger partial charge in [-0.2, -0.15) is 0 Å². The molecule has 0 aliphatic carbocycles. The number of hydrogen-bond donors (Lipinski definition) is 0. The zero-order valence-electron chi connectivity index (χ0n) is 10.7. The SMILES string of the molecule is CCC1OCCC1C(=O)c1cc2cc(Cl)ccc2o1. The van der Waals surface area contributed by atoms with Gasteiger partial charge in [0.15, 0.2) is 5.76 Å². The van der Waals surface area contributed by atoms with E-state index >= 15 is 0 Å². The number of benzene rings is 1. The first kappa shape index (κ1) is 12.7. The van der Waals surface area contributed by atoms with Gasteiger partial charge in [-0.1, -0.05) is 18.5 Å². The second kappa shape index (κ2) is 4.99. The lowest BCUT2D eigenvalue weighted by Crippen LogP contribution is -2.23. The monoisotopic (exact) mass is 278 g/mol. The summed E-state index contributed by atoms with van der Waals surface area (Å²) in [5.41, 5.74) is 0.694. The predicted octanol–water partition coefficient (Wildman–Crippen LogP) is 4.08. The van der Waals surface area contributed by atoms with Crippen LogP contribution in [0.1, 0.15) is 30.3 Å². The number of halogens is 1. The largest absolute Gasteiger partial charge is 0.453 e. The van der Waals surface area contributed by atoms with E-state index in [0.717, 1.165) is 18.2 Å². The van der Waals surface area contributed by atoms with Gasteiger partial charge in [0.2, 0.25) is 5.78 Å². The van der Waals surface area contributed by atoms with Gasteiger partial charge >= 0.3 is 0 Å². The highest BCUT2D eigenvalue weighted by Crippen LogP contribution is 2.30. The Morgan fingerprint density at radius 2 is 2.26 bits per heavy atom. The van der Waals surface area contributed by atoms with Crippen LogP contribution in [0.25, 0.3) is 11.0 Å². The van der Waals surface area contributed by atoms with Crippen molar-refractivity contribution in [2.75, 3.05) is 6.61 Å². The van der Waals surface area contributed by atoms with Gasteiger partial charge in [0.25, 0.3) is 0 Å². The summed E-state index contributed by atoms with van der Waals surface area (Å²) in [4.78, 5) is 12.5. The molecule has 0 spiro atoms. The van der Waals surface area contributed by atoms with Gasteiger partial charge in [0.05, 0.1) is 12.0 Å². The molecule has 0 N–H and O–H groups in total. The number of ketones is 1. The van der Waals surface area contributed by atoms with Crippen LogP contribution in [0, 0.1) is 5.92 Å². The number of rotatable bonds is 3. The van der Waals surface area contributed by atoms with Crippen LogP contribution in [0.2, 0.25) is 5.02 Å². The molecular formula is C15H15ClO3. The maximum atomic E-state index is 12.5. The lowest BCUT2D eigenvalue weighted by Gasteiger charge is -2.13. The maximum Gasteiger partial charge on any atom is 0.203 e. The number of fused-ring (bicyclic) bond motifs is 1. The molecule has 0 bridgehead atoms. The number of ether oxygens (including phenoxy) is 1. The van der Waals surface area contributed by atoms with Crippen molar-refractivity contribution in [2.45, 2.75) is 25.9 Å². The van der Waals surface area contributed by atoms with E-state index in [9.17, 15) is 4.79 Å². The number of Topliss-reactive ketones (excluding diaryl/α,β-unsaturated/α-hetero) is 1. The van der Waals surface area contributed by atoms with Gasteiger partial charge < -0.3 is 9.15 Å². The zero-order valence-corrected chi connectivity index (χ0v) is 11.4. The third-order valence-corrected chi connectivity index (χ3v) is 3.90. The molecule has 2 unspecified atom stereocenters. The number of carbonyl (C=O) groups is 1. The molecule has 0 saturated carbocycles. The van der Waals surface area contributed by atoms with E-state index in [0.29, 0.717) is 23.0 Å². The Morgan fingerprint density at radius 1 is 1.42 bits per heavy atom. The minimum atomic E-state index is -0.0824. The quantitative estimate of drug-likeness (QED) is 0.794. The Balaban J connectivity index is 1.93. The Bertz CT molecular complexity index is 617. The smallest absolute Gasteiger partial charge is 0.203 e. The standard InChI is InChI=1S/C15H15ClO3/c1-2-12-11(5-6-18-12)15(17)14-8-9-7-10(16)3-4-13(9)19-14/h3-4,7-8,11-12H,2,5-6H2,1H3. The van der Waals surface area contributed by atoms with Crippen LogP contribution >= 0.6 is 11.6 Å². The summed E-state index contributed by atoms with van der Waals surface area (Å²) in [6.45, 7) is 2.69. The molecule has 1 saturated heterocycles. The summed E-state index contributed by atoms with van der Waals surface area (Å²) in [5, 5.41) is 1.51. The van der Waals surface area contributed by atoms with E-state index in [1.54, 1.807) is 24.3 Å². The first-order valence-corrected chi connectivity index (χ1v) is 6.91. The minimum absolute atomic E-state index is 0.0179. The molecule has 100 valence electrons. The fourth-order valence-electron chi connectivity index (χ4n) is 2.67. The highest BCUT2D eigenvalue weighted by atomic mass is 35.5. The lowest BCUT2D eigenvalue weighted by atomic mass is 9.93. The van der Waals surface area contributed by atoms with Crippen molar-refractivity contribution in [3.05, 3.63) is 35.0 Å². The second-order valence-corrected chi connectivity index (χ2v) is 5.31. The molecule has 0 radical (unpaired) electrons. The first-order chi connectivity index (χ1) is 9.19. The minimum Gasteiger partial charge on any atom is -0.453 e. The lowest BCUT2D eigenvalue weighted by molar-refractivity contribution is 0.0670. The fraction of sp³-hybridized carbons (Fsp3) is 0.400. The molecule has 1 aromatic heterocycles. The summed E-state index contributed by atoms with van der Waals surface area (Å²) in [5.74, 6) is 0.365. The van der Waals surface area contributed by atoms with E-state index in [2.05, 4.69) is 0 Å². The average Bonchev–Trinajstić information content (AvgIpc) is 3.03. The molecule has 4 heteroatoms. The first-order valence-electron chi connectivity index (χ1n) is 6.54. The third kappa shape index (κ3) is 2.28. The molecule has 2 heterocycles. The Labute approximate surface area is 116 Å². The number of carbonyl (C=O) groups excluding carboxylic acids is 1. The highest BCUT2D eigenvalue weighted by Gasteiger charge is 2.34. The van der Waals surface area contributed by atoms with E-state index in [1.165, 1.54) is 0 Å². The van der Waals surface area contributed by atoms with E-state index in [-0.39, 0.29) is 17.8 Å². The van der Waals surface area contributed by atoms with Crippen LogP contribution in [0.15, 0.2) is 28.7 Å². The number of furan rings is 1. The third-order valence-electron chi connectivity index (χ3n) is 3.67. The van der Waals surface area contributed by atoms with Crippen molar-refractivity contribution in [3.8, 4) is 0 Å². The van der Waals surface area contributed by atoms with Crippen LogP contribution in [0.3, 0.4) is 0 Å². The van der Waals surface area contributed by atoms with Crippen LogP contribution in [0.4, 0.5) is 0 Å². The summed E-state index contributed by atoms with van der Waals surface area (Å²) in [6, 6.07) is 7.13. The summed E-state index contributed by atoms with van der Waals surface area (Å²) in [6.07, 6.45) is 1.64. The molecule has 2 aromatic rings. The number of hydrogen-bond acceptors (Lipinski definition) is 3. The van der Waals surface area contributed by atoms with Gasteiger partial charge in [0, 0.05) is 17.0 Å². The Morgan fingerprint density at radius 3 is 3.05 bits per heavy atom. The van der Waals surface area contributed by atoms with Crippen molar-refractivity contribution in [1.82, 2.24) is 0 Å². The topological polar surface area (TPSA) is 39.4 Å². The normalized spacial score (nSPS) is 23.1. The average molecular weight is 279 g/mol. The van der Waals surface area contributed by atoms with E-state index < -0.39 is 0 Å². The van der Waals surface area contributed by atoms with Crippen molar-refractivity contribution in [3.63, 3.8) is 0 Å². The molecule has 19 heavy (non-hydrogen) atoms. The maximum absolute atomic E-state index is 12.5. The van der Waals surface area contributed by atoms with Gasteiger partial charge in [-0.05, 0) is 37.1 Å². The summed E-state index contributed by atoms with van der Waals surface area (Å²) in [7, 11) is 0. The van der Waals surface area contributed by atoms with Crippen LogP contribution < -0.4 is 0 Å². The van der Waals surface area contributed by atoms with Crippen LogP contribution in [-0.2, 0) is 4.74 Å². The predicted molar refractivity (Wildman–Crippen MR) is 73.7 cm³/mol. The van der Waals surface area contributed by atoms with Crippen molar-refractivity contribution in [2.24, 2.45) is 5.92 Å². The molecular weight excluding hydrogens is 264 g/mol. The molecule has 1 aromatic carbocycles. The van der Waals surface area contributed by atoms with Crippen LogP contribution in [0.5, 0.6) is 0 Å². The molecule has 1 aliphatic rings. The van der Waals surface area contributed by atoms with Gasteiger partial charge in [0.1, 0.15) is 5.58 Å². The second-order valence-electron chi connectivity index (χ2n) is 4.87. The zero-order chi connectivity index (χ0) is 13.4. The van der Waals surface area contributed by atoms with Crippen LogP contribution in [-0.4, -0.2) is 18.5 Å². The summed E-state index contributed by atoms with van der Waals surface area (Å²) >= 11 is 5.93. The van der Waals surface area contributed by atoms with E-state index in [1.807, 2.05) is 6.92 Å². The molecule has 2 atom stereocenters.